The second kappa shape index (κ2) is 3.74. The molecule has 2 aromatic heterocycles. The number of aromatic amines is 1. The zero-order valence-electron chi connectivity index (χ0n) is 8.49. The van der Waals surface area contributed by atoms with E-state index in [0.717, 1.165) is 29.8 Å². The van der Waals surface area contributed by atoms with Gasteiger partial charge in [0, 0.05) is 5.92 Å². The molecule has 0 aliphatic carbocycles. The Labute approximate surface area is 82.8 Å². The van der Waals surface area contributed by atoms with Gasteiger partial charge in [-0.1, -0.05) is 13.8 Å². The monoisotopic (exact) mass is 190 g/mol. The first kappa shape index (κ1) is 9.12. The van der Waals surface area contributed by atoms with Gasteiger partial charge in [0.15, 0.2) is 5.65 Å². The summed E-state index contributed by atoms with van der Waals surface area (Å²) in [4.78, 5) is 15.9. The highest BCUT2D eigenvalue weighted by molar-refractivity contribution is 5.68. The van der Waals surface area contributed by atoms with Gasteiger partial charge >= 0.3 is 0 Å². The molecule has 0 radical (unpaired) electrons. The first-order valence-corrected chi connectivity index (χ1v) is 5.01. The summed E-state index contributed by atoms with van der Waals surface area (Å²) in [7, 11) is 0. The topological polar surface area (TPSA) is 54.5 Å². The van der Waals surface area contributed by atoms with Crippen LogP contribution in [0.1, 0.15) is 38.4 Å². The number of fused-ring (bicyclic) bond motifs is 1. The SMILES string of the molecule is CCC(CC)c1ncc2[nH]cnc2n1. The molecule has 0 atom stereocenters. The maximum atomic E-state index is 4.42. The number of H-pyrrole nitrogens is 1. The van der Waals surface area contributed by atoms with Crippen LogP contribution in [0.25, 0.3) is 11.2 Å². The Morgan fingerprint density at radius 1 is 1.29 bits per heavy atom. The molecule has 0 aliphatic rings. The number of nitrogens with zero attached hydrogens (tertiary/aromatic N) is 3. The van der Waals surface area contributed by atoms with Crippen LogP contribution in [-0.2, 0) is 0 Å². The fraction of sp³-hybridized carbons (Fsp3) is 0.500. The zero-order chi connectivity index (χ0) is 9.97. The molecule has 2 aromatic rings. The minimum atomic E-state index is 0.455. The predicted molar refractivity (Wildman–Crippen MR) is 55.0 cm³/mol. The smallest absolute Gasteiger partial charge is 0.180 e. The van der Waals surface area contributed by atoms with Crippen molar-refractivity contribution in [2.24, 2.45) is 0 Å². The van der Waals surface area contributed by atoms with Crippen molar-refractivity contribution in [2.75, 3.05) is 0 Å². The summed E-state index contributed by atoms with van der Waals surface area (Å²) in [5, 5.41) is 0. The van der Waals surface area contributed by atoms with Crippen molar-refractivity contribution in [3.63, 3.8) is 0 Å². The van der Waals surface area contributed by atoms with Crippen molar-refractivity contribution >= 4 is 11.2 Å². The highest BCUT2D eigenvalue weighted by atomic mass is 15.0. The number of rotatable bonds is 3. The van der Waals surface area contributed by atoms with Crippen LogP contribution >= 0.6 is 0 Å². The van der Waals surface area contributed by atoms with Gasteiger partial charge in [0.1, 0.15) is 11.3 Å². The molecule has 4 heteroatoms. The van der Waals surface area contributed by atoms with Gasteiger partial charge in [0.2, 0.25) is 0 Å². The number of aromatic nitrogens is 4. The van der Waals surface area contributed by atoms with Crippen LogP contribution in [-0.4, -0.2) is 19.9 Å². The largest absolute Gasteiger partial charge is 0.342 e. The molecule has 2 heterocycles. The lowest BCUT2D eigenvalue weighted by Crippen LogP contribution is -2.02. The normalized spacial score (nSPS) is 11.4. The van der Waals surface area contributed by atoms with E-state index in [2.05, 4.69) is 33.8 Å². The van der Waals surface area contributed by atoms with Crippen LogP contribution < -0.4 is 0 Å². The molecule has 0 spiro atoms. The van der Waals surface area contributed by atoms with Gasteiger partial charge in [-0.15, -0.1) is 0 Å². The van der Waals surface area contributed by atoms with Crippen LogP contribution in [0.4, 0.5) is 0 Å². The summed E-state index contributed by atoms with van der Waals surface area (Å²) < 4.78 is 0. The van der Waals surface area contributed by atoms with Gasteiger partial charge < -0.3 is 4.98 Å². The Bertz CT molecular complexity index is 417. The summed E-state index contributed by atoms with van der Waals surface area (Å²) in [6.45, 7) is 4.32. The van der Waals surface area contributed by atoms with Gasteiger partial charge in [-0.05, 0) is 12.8 Å². The van der Waals surface area contributed by atoms with Gasteiger partial charge in [-0.3, -0.25) is 0 Å². The fourth-order valence-electron chi connectivity index (χ4n) is 1.60. The second-order valence-corrected chi connectivity index (χ2v) is 3.38. The lowest BCUT2D eigenvalue weighted by atomic mass is 10.0. The average Bonchev–Trinajstić information content (AvgIpc) is 2.66. The first-order valence-electron chi connectivity index (χ1n) is 5.01. The van der Waals surface area contributed by atoms with E-state index in [-0.39, 0.29) is 0 Å². The minimum Gasteiger partial charge on any atom is -0.342 e. The number of nitrogens with one attached hydrogen (secondary N) is 1. The molecule has 2 rings (SSSR count). The van der Waals surface area contributed by atoms with Crippen molar-refractivity contribution in [2.45, 2.75) is 32.6 Å². The van der Waals surface area contributed by atoms with Crippen LogP contribution in [0.3, 0.4) is 0 Å². The van der Waals surface area contributed by atoms with Crippen LogP contribution in [0.15, 0.2) is 12.5 Å². The van der Waals surface area contributed by atoms with E-state index in [0.29, 0.717) is 5.92 Å². The molecule has 0 aromatic carbocycles. The summed E-state index contributed by atoms with van der Waals surface area (Å²) >= 11 is 0. The van der Waals surface area contributed by atoms with E-state index in [1.54, 1.807) is 6.33 Å². The van der Waals surface area contributed by atoms with Crippen LogP contribution in [0.2, 0.25) is 0 Å². The van der Waals surface area contributed by atoms with Gasteiger partial charge in [-0.2, -0.15) is 0 Å². The maximum absolute atomic E-state index is 4.42. The molecule has 1 N–H and O–H groups in total. The van der Waals surface area contributed by atoms with E-state index in [1.165, 1.54) is 0 Å². The van der Waals surface area contributed by atoms with Crippen LogP contribution in [0, 0.1) is 0 Å². The molecule has 74 valence electrons. The highest BCUT2D eigenvalue weighted by Gasteiger charge is 2.11. The number of hydrogen-bond donors (Lipinski definition) is 1. The molecule has 0 saturated heterocycles. The molecule has 0 unspecified atom stereocenters. The second-order valence-electron chi connectivity index (χ2n) is 3.38. The molecular weight excluding hydrogens is 176 g/mol. The van der Waals surface area contributed by atoms with Crippen molar-refractivity contribution in [1.82, 2.24) is 19.9 Å². The lowest BCUT2D eigenvalue weighted by Gasteiger charge is -2.09. The number of hydrogen-bond acceptors (Lipinski definition) is 3. The Morgan fingerprint density at radius 3 is 2.79 bits per heavy atom. The Morgan fingerprint density at radius 2 is 2.07 bits per heavy atom. The third-order valence-corrected chi connectivity index (χ3v) is 2.54. The van der Waals surface area contributed by atoms with Crippen molar-refractivity contribution in [1.29, 1.82) is 0 Å². The third kappa shape index (κ3) is 1.47. The fourth-order valence-corrected chi connectivity index (χ4v) is 1.60. The summed E-state index contributed by atoms with van der Waals surface area (Å²) in [5.41, 5.74) is 1.67. The Hall–Kier alpha value is -1.45. The Balaban J connectivity index is 2.42. The molecule has 0 saturated carbocycles. The molecular formula is C10H14N4. The van der Waals surface area contributed by atoms with Crippen molar-refractivity contribution in [3.05, 3.63) is 18.3 Å². The number of imidazole rings is 1. The third-order valence-electron chi connectivity index (χ3n) is 2.54. The van der Waals surface area contributed by atoms with Crippen LogP contribution in [0.5, 0.6) is 0 Å². The van der Waals surface area contributed by atoms with E-state index in [9.17, 15) is 0 Å². The van der Waals surface area contributed by atoms with E-state index >= 15 is 0 Å². The average molecular weight is 190 g/mol. The van der Waals surface area contributed by atoms with Gasteiger partial charge in [-0.25, -0.2) is 15.0 Å². The zero-order valence-corrected chi connectivity index (χ0v) is 8.49. The Kier molecular flexibility index (Phi) is 2.43. The molecule has 14 heavy (non-hydrogen) atoms. The van der Waals surface area contributed by atoms with Gasteiger partial charge in [0.05, 0.1) is 12.5 Å². The van der Waals surface area contributed by atoms with E-state index < -0.39 is 0 Å². The molecule has 0 amide bonds. The summed E-state index contributed by atoms with van der Waals surface area (Å²) in [6.07, 6.45) is 5.61. The predicted octanol–water partition coefficient (Wildman–Crippen LogP) is 2.26. The standard InChI is InChI=1S/C10H14N4/c1-3-7(4-2)9-11-5-8-10(14-9)13-6-12-8/h5-7H,3-4H2,1-2H3,(H,11,12,13,14). The quantitative estimate of drug-likeness (QED) is 0.807. The molecule has 0 aliphatic heterocycles. The molecule has 0 bridgehead atoms. The first-order chi connectivity index (χ1) is 6.85. The van der Waals surface area contributed by atoms with Crippen molar-refractivity contribution < 1.29 is 0 Å². The van der Waals surface area contributed by atoms with E-state index in [4.69, 9.17) is 0 Å². The molecule has 4 nitrogen and oxygen atoms in total. The van der Waals surface area contributed by atoms with E-state index in [1.807, 2.05) is 6.20 Å². The summed E-state index contributed by atoms with van der Waals surface area (Å²) in [6, 6.07) is 0. The molecule has 0 fully saturated rings. The highest BCUT2D eigenvalue weighted by Crippen LogP contribution is 2.19. The summed E-state index contributed by atoms with van der Waals surface area (Å²) in [5.74, 6) is 1.37. The lowest BCUT2D eigenvalue weighted by molar-refractivity contribution is 0.604. The van der Waals surface area contributed by atoms with Gasteiger partial charge in [0.25, 0.3) is 0 Å². The minimum absolute atomic E-state index is 0.455. The van der Waals surface area contributed by atoms with Crippen molar-refractivity contribution in [3.8, 4) is 0 Å². The maximum Gasteiger partial charge on any atom is 0.180 e.